The summed E-state index contributed by atoms with van der Waals surface area (Å²) in [5.41, 5.74) is 0. The number of ether oxygens (including phenoxy) is 3. The van der Waals surface area contributed by atoms with Crippen LogP contribution < -0.4 is 14.4 Å². The van der Waals surface area contributed by atoms with Gasteiger partial charge in [0.25, 0.3) is 0 Å². The Hall–Kier alpha value is -1.52. The summed E-state index contributed by atoms with van der Waals surface area (Å²) in [5.74, 6) is 1.61. The van der Waals surface area contributed by atoms with Crippen molar-refractivity contribution in [2.24, 2.45) is 0 Å². The zero-order valence-corrected chi connectivity index (χ0v) is 12.7. The Balaban J connectivity index is 1.64. The largest absolute Gasteiger partial charge is 0.490 e. The molecule has 1 heterocycles. The summed E-state index contributed by atoms with van der Waals surface area (Å²) < 4.78 is 16.8. The molecule has 116 valence electrons. The summed E-state index contributed by atoms with van der Waals surface area (Å²) in [5, 5.41) is 0. The van der Waals surface area contributed by atoms with E-state index in [9.17, 15) is 0 Å². The standard InChI is InChI=1S/C17H25NO3/c1-2-12-20-16-7-3-4-8-17(16)21-13-6-5-9-18-10-14-19-15-11-18/h2-4,7-8H,1,5-6,9-15H2/p+1. The van der Waals surface area contributed by atoms with Gasteiger partial charge in [-0.3, -0.25) is 0 Å². The van der Waals surface area contributed by atoms with E-state index in [0.717, 1.165) is 50.8 Å². The van der Waals surface area contributed by atoms with Gasteiger partial charge in [-0.25, -0.2) is 0 Å². The predicted molar refractivity (Wildman–Crippen MR) is 83.2 cm³/mol. The first-order chi connectivity index (χ1) is 10.4. The van der Waals surface area contributed by atoms with Gasteiger partial charge in [0.15, 0.2) is 11.5 Å². The van der Waals surface area contributed by atoms with Gasteiger partial charge in [0.05, 0.1) is 26.4 Å². The molecule has 1 saturated heterocycles. The lowest BCUT2D eigenvalue weighted by atomic mass is 10.3. The van der Waals surface area contributed by atoms with Crippen molar-refractivity contribution in [3.8, 4) is 11.5 Å². The van der Waals surface area contributed by atoms with Gasteiger partial charge in [-0.15, -0.1) is 0 Å². The molecule has 1 aromatic carbocycles. The second kappa shape index (κ2) is 9.42. The number of morpholine rings is 1. The lowest BCUT2D eigenvalue weighted by Crippen LogP contribution is -3.14. The average molecular weight is 292 g/mol. The first kappa shape index (κ1) is 15.9. The zero-order chi connectivity index (χ0) is 14.8. The molecule has 0 bridgehead atoms. The Kier molecular flexibility index (Phi) is 7.12. The third kappa shape index (κ3) is 5.78. The molecule has 1 N–H and O–H groups in total. The minimum atomic E-state index is 0.501. The van der Waals surface area contributed by atoms with E-state index in [1.165, 1.54) is 13.0 Å². The second-order valence-electron chi connectivity index (χ2n) is 5.21. The number of hydrogen-bond acceptors (Lipinski definition) is 3. The zero-order valence-electron chi connectivity index (χ0n) is 12.7. The molecule has 0 aliphatic carbocycles. The minimum absolute atomic E-state index is 0.501. The number of benzene rings is 1. The Labute approximate surface area is 127 Å². The van der Waals surface area contributed by atoms with Crippen molar-refractivity contribution in [1.82, 2.24) is 0 Å². The summed E-state index contributed by atoms with van der Waals surface area (Å²) in [6, 6.07) is 7.80. The predicted octanol–water partition coefficient (Wildman–Crippen LogP) is 1.33. The molecule has 1 aliphatic rings. The summed E-state index contributed by atoms with van der Waals surface area (Å²) >= 11 is 0. The molecule has 1 aliphatic heterocycles. The van der Waals surface area contributed by atoms with Gasteiger partial charge in [0.1, 0.15) is 19.7 Å². The average Bonchev–Trinajstić information content (AvgIpc) is 2.54. The van der Waals surface area contributed by atoms with Crippen LogP contribution in [-0.4, -0.2) is 46.1 Å². The first-order valence-electron chi connectivity index (χ1n) is 7.77. The first-order valence-corrected chi connectivity index (χ1v) is 7.77. The molecule has 2 rings (SSSR count). The van der Waals surface area contributed by atoms with Crippen molar-refractivity contribution in [3.63, 3.8) is 0 Å². The number of quaternary nitrogens is 1. The lowest BCUT2D eigenvalue weighted by Gasteiger charge is -2.23. The van der Waals surface area contributed by atoms with Crippen LogP contribution in [0.15, 0.2) is 36.9 Å². The van der Waals surface area contributed by atoms with E-state index in [2.05, 4.69) is 6.58 Å². The van der Waals surface area contributed by atoms with Crippen LogP contribution in [0, 0.1) is 0 Å². The van der Waals surface area contributed by atoms with Crippen LogP contribution >= 0.6 is 0 Å². The van der Waals surface area contributed by atoms with E-state index in [0.29, 0.717) is 6.61 Å². The smallest absolute Gasteiger partial charge is 0.161 e. The second-order valence-corrected chi connectivity index (χ2v) is 5.21. The Morgan fingerprint density at radius 1 is 1.10 bits per heavy atom. The van der Waals surface area contributed by atoms with Crippen molar-refractivity contribution in [1.29, 1.82) is 0 Å². The van der Waals surface area contributed by atoms with Crippen LogP contribution in [0.25, 0.3) is 0 Å². The maximum absolute atomic E-state index is 5.83. The van der Waals surface area contributed by atoms with Crippen LogP contribution in [-0.2, 0) is 4.74 Å². The fraction of sp³-hybridized carbons (Fsp3) is 0.529. The molecule has 4 nitrogen and oxygen atoms in total. The van der Waals surface area contributed by atoms with E-state index in [1.807, 2.05) is 24.3 Å². The summed E-state index contributed by atoms with van der Waals surface area (Å²) in [7, 11) is 0. The highest BCUT2D eigenvalue weighted by molar-refractivity contribution is 5.39. The number of nitrogens with one attached hydrogen (secondary N) is 1. The highest BCUT2D eigenvalue weighted by Gasteiger charge is 2.12. The number of hydrogen-bond donors (Lipinski definition) is 1. The third-order valence-electron chi connectivity index (χ3n) is 3.59. The quantitative estimate of drug-likeness (QED) is 0.550. The molecule has 0 spiro atoms. The molecule has 1 fully saturated rings. The van der Waals surface area contributed by atoms with Crippen LogP contribution in [0.3, 0.4) is 0 Å². The van der Waals surface area contributed by atoms with E-state index < -0.39 is 0 Å². The summed E-state index contributed by atoms with van der Waals surface area (Å²) in [6.45, 7) is 10.2. The number of unbranched alkanes of at least 4 members (excludes halogenated alkanes) is 1. The van der Waals surface area contributed by atoms with Crippen molar-refractivity contribution < 1.29 is 19.1 Å². The molecule has 1 aromatic rings. The van der Waals surface area contributed by atoms with Gasteiger partial charge >= 0.3 is 0 Å². The molecule has 21 heavy (non-hydrogen) atoms. The molecule has 0 radical (unpaired) electrons. The van der Waals surface area contributed by atoms with Crippen molar-refractivity contribution in [2.75, 3.05) is 46.1 Å². The van der Waals surface area contributed by atoms with Gasteiger partial charge in [-0.1, -0.05) is 24.8 Å². The molecule has 0 unspecified atom stereocenters. The summed E-state index contributed by atoms with van der Waals surface area (Å²) in [4.78, 5) is 1.65. The monoisotopic (exact) mass is 292 g/mol. The number of para-hydroxylation sites is 2. The Bertz CT molecular complexity index is 416. The molecular formula is C17H26NO3+. The fourth-order valence-corrected chi connectivity index (χ4v) is 2.41. The maximum Gasteiger partial charge on any atom is 0.161 e. The van der Waals surface area contributed by atoms with Gasteiger partial charge in [-0.05, 0) is 25.0 Å². The van der Waals surface area contributed by atoms with Crippen LogP contribution in [0.2, 0.25) is 0 Å². The molecule has 0 atom stereocenters. The van der Waals surface area contributed by atoms with Gasteiger partial charge in [0, 0.05) is 0 Å². The lowest BCUT2D eigenvalue weighted by molar-refractivity contribution is -0.908. The Morgan fingerprint density at radius 2 is 1.81 bits per heavy atom. The SMILES string of the molecule is C=CCOc1ccccc1OCCCC[NH+]1CCOCC1. The number of rotatable bonds is 9. The molecule has 4 heteroatoms. The van der Waals surface area contributed by atoms with E-state index in [4.69, 9.17) is 14.2 Å². The van der Waals surface area contributed by atoms with Crippen molar-refractivity contribution in [2.45, 2.75) is 12.8 Å². The van der Waals surface area contributed by atoms with E-state index in [1.54, 1.807) is 11.0 Å². The third-order valence-corrected chi connectivity index (χ3v) is 3.59. The van der Waals surface area contributed by atoms with Crippen LogP contribution in [0.1, 0.15) is 12.8 Å². The van der Waals surface area contributed by atoms with E-state index >= 15 is 0 Å². The molecule has 0 amide bonds. The Morgan fingerprint density at radius 3 is 2.52 bits per heavy atom. The highest BCUT2D eigenvalue weighted by Crippen LogP contribution is 2.26. The van der Waals surface area contributed by atoms with Crippen molar-refractivity contribution >= 4 is 0 Å². The van der Waals surface area contributed by atoms with Crippen LogP contribution in [0.5, 0.6) is 11.5 Å². The van der Waals surface area contributed by atoms with Gasteiger partial charge in [0.2, 0.25) is 0 Å². The summed E-state index contributed by atoms with van der Waals surface area (Å²) in [6.07, 6.45) is 3.99. The van der Waals surface area contributed by atoms with Crippen molar-refractivity contribution in [3.05, 3.63) is 36.9 Å². The maximum atomic E-state index is 5.83. The van der Waals surface area contributed by atoms with Gasteiger partial charge < -0.3 is 19.1 Å². The molecule has 0 saturated carbocycles. The van der Waals surface area contributed by atoms with Gasteiger partial charge in [-0.2, -0.15) is 0 Å². The van der Waals surface area contributed by atoms with Crippen LogP contribution in [0.4, 0.5) is 0 Å². The normalized spacial score (nSPS) is 15.6. The minimum Gasteiger partial charge on any atom is -0.490 e. The topological polar surface area (TPSA) is 32.1 Å². The highest BCUT2D eigenvalue weighted by atomic mass is 16.5. The molecule has 0 aromatic heterocycles. The van der Waals surface area contributed by atoms with E-state index in [-0.39, 0.29) is 0 Å². The fourth-order valence-electron chi connectivity index (χ4n) is 2.41. The molecular weight excluding hydrogens is 266 g/mol.